The minimum absolute atomic E-state index is 0.0342. The third kappa shape index (κ3) is 13.9. The normalized spacial score (nSPS) is 18.9. The van der Waals surface area contributed by atoms with Gasteiger partial charge in [-0.25, -0.2) is 17.9 Å². The van der Waals surface area contributed by atoms with Crippen molar-refractivity contribution in [3.8, 4) is 5.75 Å². The third-order valence-corrected chi connectivity index (χ3v) is 11.5. The molecule has 0 spiro atoms. The van der Waals surface area contributed by atoms with Crippen LogP contribution >= 0.6 is 0 Å². The second kappa shape index (κ2) is 18.3. The number of alkyl halides is 2. The SMILES string of the molecule is COc1ccccc1CCNC(=O)[C@H](CC(F)F)NC(=O)[C@@H]1C(C=C(C)C)CCN1C(=O)[C@@H](NC(=O)N[C@H](CN(C)S(C)(C)(=O)O)C(C)(C)C)C(C)(C)C. The largest absolute Gasteiger partial charge is 0.496 e. The summed E-state index contributed by atoms with van der Waals surface area (Å²) in [6, 6.07) is 2.05. The zero-order valence-electron chi connectivity index (χ0n) is 34.0. The van der Waals surface area contributed by atoms with Crippen LogP contribution in [0.5, 0.6) is 5.75 Å². The molecule has 1 aromatic rings. The molecule has 54 heavy (non-hydrogen) atoms. The molecule has 0 aliphatic carbocycles. The van der Waals surface area contributed by atoms with E-state index in [1.54, 1.807) is 32.9 Å². The molecule has 0 bridgehead atoms. The first-order valence-corrected chi connectivity index (χ1v) is 20.9. The van der Waals surface area contributed by atoms with E-state index in [2.05, 4.69) is 21.3 Å². The molecule has 5 amide bonds. The van der Waals surface area contributed by atoms with E-state index in [0.29, 0.717) is 18.6 Å². The summed E-state index contributed by atoms with van der Waals surface area (Å²) in [6.07, 6.45) is 1.21. The van der Waals surface area contributed by atoms with Gasteiger partial charge in [-0.05, 0) is 49.1 Å². The van der Waals surface area contributed by atoms with Crippen molar-refractivity contribution in [3.63, 3.8) is 0 Å². The highest BCUT2D eigenvalue weighted by Crippen LogP contribution is 2.31. The number of likely N-dealkylation sites (tertiary alicyclic amines) is 1. The predicted octanol–water partition coefficient (Wildman–Crippen LogP) is 4.21. The fraction of sp³-hybridized carbons (Fsp3) is 0.684. The molecule has 0 saturated carbocycles. The van der Waals surface area contributed by atoms with Gasteiger partial charge in [0.05, 0.1) is 7.11 Å². The van der Waals surface area contributed by atoms with Gasteiger partial charge in [0.15, 0.2) is 0 Å². The third-order valence-electron chi connectivity index (χ3n) is 9.55. The number of urea groups is 1. The van der Waals surface area contributed by atoms with Gasteiger partial charge < -0.3 is 30.9 Å². The molecule has 0 aromatic heterocycles. The minimum Gasteiger partial charge on any atom is -0.496 e. The van der Waals surface area contributed by atoms with Crippen molar-refractivity contribution in [1.82, 2.24) is 30.5 Å². The van der Waals surface area contributed by atoms with Crippen molar-refractivity contribution in [2.24, 2.45) is 16.7 Å². The molecule has 1 saturated heterocycles. The number of hydrogen-bond acceptors (Lipinski definition) is 6. The summed E-state index contributed by atoms with van der Waals surface area (Å²) in [5.74, 6) is -1.97. The Labute approximate surface area is 320 Å². The summed E-state index contributed by atoms with van der Waals surface area (Å²) >= 11 is 0. The lowest BCUT2D eigenvalue weighted by molar-refractivity contribution is -0.143. The molecule has 1 fully saturated rings. The van der Waals surface area contributed by atoms with Crippen molar-refractivity contribution >= 4 is 33.3 Å². The highest BCUT2D eigenvalue weighted by molar-refractivity contribution is 8.11. The van der Waals surface area contributed by atoms with E-state index in [1.165, 1.54) is 35.9 Å². The Kier molecular flexibility index (Phi) is 15.8. The average molecular weight is 787 g/mol. The van der Waals surface area contributed by atoms with Crippen molar-refractivity contribution in [1.29, 1.82) is 0 Å². The van der Waals surface area contributed by atoms with Gasteiger partial charge in [-0.3, -0.25) is 18.9 Å². The molecule has 5 atom stereocenters. The van der Waals surface area contributed by atoms with E-state index >= 15 is 0 Å². The number of rotatable bonds is 16. The summed E-state index contributed by atoms with van der Waals surface area (Å²) in [6.45, 7) is 14.9. The molecule has 1 aliphatic rings. The smallest absolute Gasteiger partial charge is 0.315 e. The number of carbonyl (C=O) groups is 4. The Balaban J connectivity index is 2.35. The Morgan fingerprint density at radius 3 is 2.17 bits per heavy atom. The number of likely N-dealkylation sites (N-methyl/N-ethyl adjacent to an activating group) is 1. The molecule has 1 unspecified atom stereocenters. The number of allylic oxidation sites excluding steroid dienone is 1. The maximum Gasteiger partial charge on any atom is 0.315 e. The van der Waals surface area contributed by atoms with E-state index in [1.807, 2.05) is 52.8 Å². The van der Waals surface area contributed by atoms with Crippen LogP contribution in [0.25, 0.3) is 0 Å². The summed E-state index contributed by atoms with van der Waals surface area (Å²) < 4.78 is 57.6. The molecular weight excluding hydrogens is 723 g/mol. The summed E-state index contributed by atoms with van der Waals surface area (Å²) in [5.41, 5.74) is 0.280. The van der Waals surface area contributed by atoms with Crippen LogP contribution in [0.2, 0.25) is 0 Å². The van der Waals surface area contributed by atoms with Crippen LogP contribution in [0.15, 0.2) is 35.9 Å². The Morgan fingerprint density at radius 1 is 1.04 bits per heavy atom. The second-order valence-corrected chi connectivity index (χ2v) is 21.1. The highest BCUT2D eigenvalue weighted by Gasteiger charge is 2.46. The number of nitrogens with zero attached hydrogens (tertiary/aromatic N) is 2. The van der Waals surface area contributed by atoms with Gasteiger partial charge in [-0.15, -0.1) is 9.53 Å². The molecule has 1 heterocycles. The number of hydrogen-bond donors (Lipinski definition) is 5. The Morgan fingerprint density at radius 2 is 1.65 bits per heavy atom. The standard InChI is InChI=1S/C38H64F2N6O7S/c1-24(2)21-26-18-20-46(31(26)34(48)42-27(22-30(39)40)33(47)41-19-17-25-15-13-14-16-28(25)53-10)35(49)32(38(6,7)8)44-36(50)43-29(37(3,4)5)23-45(9)54(11,12,51)52/h13-16,21,26-27,29-32H,17-20,22-23H2,1-12H3,(H,41,47)(H,42,48)(H,51,52)(H2,43,44,50)/t26?,27-,29+,31-,32+/m0/s1. The molecule has 2 rings (SSSR count). The number of methoxy groups -OCH3 is 1. The van der Waals surface area contributed by atoms with E-state index in [4.69, 9.17) is 4.74 Å². The zero-order chi connectivity index (χ0) is 41.4. The first-order chi connectivity index (χ1) is 24.6. The monoisotopic (exact) mass is 786 g/mol. The van der Waals surface area contributed by atoms with E-state index in [0.717, 1.165) is 11.1 Å². The summed E-state index contributed by atoms with van der Waals surface area (Å²) in [4.78, 5) is 56.7. The number of ether oxygens (including phenoxy) is 1. The van der Waals surface area contributed by atoms with Crippen molar-refractivity contribution in [2.75, 3.05) is 46.3 Å². The van der Waals surface area contributed by atoms with E-state index < -0.39 is 87.0 Å². The van der Waals surface area contributed by atoms with Crippen LogP contribution in [-0.4, -0.2) is 119 Å². The average Bonchev–Trinajstić information content (AvgIpc) is 3.43. The van der Waals surface area contributed by atoms with Crippen molar-refractivity contribution in [2.45, 2.75) is 105 Å². The lowest BCUT2D eigenvalue weighted by atomic mass is 9.85. The van der Waals surface area contributed by atoms with Gasteiger partial charge in [-0.2, -0.15) is 4.21 Å². The van der Waals surface area contributed by atoms with Crippen LogP contribution in [0.3, 0.4) is 0 Å². The molecule has 16 heteroatoms. The highest BCUT2D eigenvalue weighted by atomic mass is 32.3. The molecular formula is C38H64F2N6O7S. The quantitative estimate of drug-likeness (QED) is 0.157. The van der Waals surface area contributed by atoms with Gasteiger partial charge in [0.25, 0.3) is 0 Å². The predicted molar refractivity (Wildman–Crippen MR) is 209 cm³/mol. The zero-order valence-corrected chi connectivity index (χ0v) is 34.9. The number of halogens is 2. The molecule has 1 aliphatic heterocycles. The number of carbonyl (C=O) groups excluding carboxylic acids is 4. The topological polar surface area (TPSA) is 169 Å². The summed E-state index contributed by atoms with van der Waals surface area (Å²) in [5, 5.41) is 10.8. The first-order valence-electron chi connectivity index (χ1n) is 18.2. The Hall–Kier alpha value is -3.63. The van der Waals surface area contributed by atoms with Crippen LogP contribution in [-0.2, 0) is 30.3 Å². The first kappa shape index (κ1) is 46.5. The fourth-order valence-electron chi connectivity index (χ4n) is 6.17. The number of benzene rings is 1. The van der Waals surface area contributed by atoms with Crippen molar-refractivity contribution in [3.05, 3.63) is 41.5 Å². The molecule has 308 valence electrons. The molecule has 0 radical (unpaired) electrons. The van der Waals surface area contributed by atoms with E-state index in [9.17, 15) is 36.7 Å². The maximum atomic E-state index is 14.4. The van der Waals surface area contributed by atoms with E-state index in [-0.39, 0.29) is 19.6 Å². The van der Waals surface area contributed by atoms with Crippen LogP contribution < -0.4 is 26.0 Å². The van der Waals surface area contributed by atoms with Crippen LogP contribution in [0, 0.1) is 16.7 Å². The van der Waals surface area contributed by atoms with Gasteiger partial charge in [0.2, 0.25) is 24.1 Å². The van der Waals surface area contributed by atoms with Crippen LogP contribution in [0.1, 0.15) is 73.8 Å². The van der Waals surface area contributed by atoms with Gasteiger partial charge in [0, 0.05) is 57.6 Å². The number of nitrogens with one attached hydrogen (secondary N) is 4. The fourth-order valence-corrected chi connectivity index (χ4v) is 6.75. The maximum absolute atomic E-state index is 14.4. The molecule has 13 nitrogen and oxygen atoms in total. The van der Waals surface area contributed by atoms with Gasteiger partial charge in [-0.1, -0.05) is 71.4 Å². The van der Waals surface area contributed by atoms with Gasteiger partial charge in [0.1, 0.15) is 23.9 Å². The molecule has 1 aromatic carbocycles. The van der Waals surface area contributed by atoms with Crippen LogP contribution in [0.4, 0.5) is 13.6 Å². The number of para-hydroxylation sites is 1. The lowest BCUT2D eigenvalue weighted by Gasteiger charge is -2.46. The van der Waals surface area contributed by atoms with Crippen molar-refractivity contribution < 1.29 is 41.5 Å². The minimum atomic E-state index is -4.11. The molecule has 5 N–H and O–H groups in total. The summed E-state index contributed by atoms with van der Waals surface area (Å²) in [7, 11) is -1.10. The second-order valence-electron chi connectivity index (χ2n) is 17.1. The lowest BCUT2D eigenvalue weighted by Crippen LogP contribution is -2.63. The Bertz CT molecular complexity index is 1570. The van der Waals surface area contributed by atoms with Gasteiger partial charge >= 0.3 is 6.03 Å². The number of amides is 5.